The van der Waals surface area contributed by atoms with Crippen molar-refractivity contribution in [1.82, 2.24) is 10.3 Å². The van der Waals surface area contributed by atoms with Gasteiger partial charge in [-0.2, -0.15) is 0 Å². The number of ether oxygens (including phenoxy) is 1. The highest BCUT2D eigenvalue weighted by Gasteiger charge is 2.13. The van der Waals surface area contributed by atoms with Crippen LogP contribution in [-0.4, -0.2) is 29.8 Å². The largest absolute Gasteiger partial charge is 0.492 e. The Balaban J connectivity index is 1.59. The Morgan fingerprint density at radius 2 is 1.88 bits per heavy atom. The number of aliphatic hydroxyl groups is 1. The molecule has 2 aromatic carbocycles. The predicted octanol–water partition coefficient (Wildman–Crippen LogP) is 3.55. The molecule has 0 amide bonds. The second-order valence-corrected chi connectivity index (χ2v) is 6.21. The van der Waals surface area contributed by atoms with Gasteiger partial charge in [0.05, 0.1) is 11.6 Å². The minimum Gasteiger partial charge on any atom is -0.492 e. The fourth-order valence-corrected chi connectivity index (χ4v) is 2.93. The molecule has 0 aliphatic heterocycles. The van der Waals surface area contributed by atoms with Crippen LogP contribution in [0.4, 0.5) is 0 Å². The summed E-state index contributed by atoms with van der Waals surface area (Å²) in [4.78, 5) is 4.61. The van der Waals surface area contributed by atoms with Crippen molar-refractivity contribution in [3.8, 4) is 5.75 Å². The molecule has 4 nitrogen and oxygen atoms in total. The summed E-state index contributed by atoms with van der Waals surface area (Å²) in [5.41, 5.74) is 3.92. The predicted molar refractivity (Wildman–Crippen MR) is 101 cm³/mol. The number of nitrogens with one attached hydrogen (secondary N) is 1. The van der Waals surface area contributed by atoms with Gasteiger partial charge in [-0.3, -0.25) is 4.98 Å². The molecular formula is C21H24N2O2. The molecule has 1 heterocycles. The zero-order valence-corrected chi connectivity index (χ0v) is 14.7. The average molecular weight is 336 g/mol. The van der Waals surface area contributed by atoms with Crippen LogP contribution in [0.1, 0.15) is 22.9 Å². The highest BCUT2D eigenvalue weighted by atomic mass is 16.5. The molecule has 0 radical (unpaired) electrons. The Labute approximate surface area is 148 Å². The minimum atomic E-state index is -0.581. The highest BCUT2D eigenvalue weighted by molar-refractivity contribution is 5.85. The van der Waals surface area contributed by atoms with Crippen molar-refractivity contribution in [2.24, 2.45) is 0 Å². The molecule has 3 aromatic rings. The number of aromatic nitrogens is 1. The molecule has 1 atom stereocenters. The maximum absolute atomic E-state index is 10.6. The number of hydrogen-bond donors (Lipinski definition) is 2. The molecule has 0 bridgehead atoms. The zero-order chi connectivity index (χ0) is 17.6. The Morgan fingerprint density at radius 1 is 1.08 bits per heavy atom. The van der Waals surface area contributed by atoms with E-state index in [0.29, 0.717) is 19.7 Å². The smallest absolute Gasteiger partial charge is 0.119 e. The van der Waals surface area contributed by atoms with Gasteiger partial charge < -0.3 is 15.2 Å². The van der Waals surface area contributed by atoms with Gasteiger partial charge in [0.2, 0.25) is 0 Å². The molecule has 3 rings (SSSR count). The van der Waals surface area contributed by atoms with Crippen LogP contribution >= 0.6 is 0 Å². The van der Waals surface area contributed by atoms with E-state index in [0.717, 1.165) is 33.5 Å². The Kier molecular flexibility index (Phi) is 5.64. The Morgan fingerprint density at radius 3 is 2.68 bits per heavy atom. The van der Waals surface area contributed by atoms with Crippen molar-refractivity contribution in [3.63, 3.8) is 0 Å². The van der Waals surface area contributed by atoms with Crippen molar-refractivity contribution >= 4 is 10.9 Å². The molecule has 0 aliphatic rings. The van der Waals surface area contributed by atoms with Crippen LogP contribution in [0, 0.1) is 13.8 Å². The summed E-state index contributed by atoms with van der Waals surface area (Å²) >= 11 is 0. The monoisotopic (exact) mass is 336 g/mol. The van der Waals surface area contributed by atoms with Crippen molar-refractivity contribution in [2.45, 2.75) is 20.0 Å². The standard InChI is InChI=1S/C21H24N2O2/c1-15-7-6-10-18-19(13-16(2)23-21(15)18)20(24)14-22-11-12-25-17-8-4-3-5-9-17/h3-10,13,20,22,24H,11-12,14H2,1-2H3. The van der Waals surface area contributed by atoms with Crippen LogP contribution in [0.2, 0.25) is 0 Å². The summed E-state index contributed by atoms with van der Waals surface area (Å²) in [5, 5.41) is 14.9. The summed E-state index contributed by atoms with van der Waals surface area (Å²) in [6.45, 7) is 5.72. The Hall–Kier alpha value is -2.43. The maximum atomic E-state index is 10.6. The number of hydrogen-bond acceptors (Lipinski definition) is 4. The number of rotatable bonds is 7. The van der Waals surface area contributed by atoms with Gasteiger partial charge in [0, 0.05) is 24.2 Å². The van der Waals surface area contributed by atoms with Crippen LogP contribution < -0.4 is 10.1 Å². The van der Waals surface area contributed by atoms with Crippen molar-refractivity contribution in [2.75, 3.05) is 19.7 Å². The first kappa shape index (κ1) is 17.4. The summed E-state index contributed by atoms with van der Waals surface area (Å²) in [6, 6.07) is 17.8. The minimum absolute atomic E-state index is 0.477. The molecule has 2 N–H and O–H groups in total. The second kappa shape index (κ2) is 8.10. The highest BCUT2D eigenvalue weighted by Crippen LogP contribution is 2.26. The van der Waals surface area contributed by atoms with Gasteiger partial charge in [-0.15, -0.1) is 0 Å². The van der Waals surface area contributed by atoms with E-state index in [1.807, 2.05) is 68.4 Å². The second-order valence-electron chi connectivity index (χ2n) is 6.21. The lowest BCUT2D eigenvalue weighted by Crippen LogP contribution is -2.26. The summed E-state index contributed by atoms with van der Waals surface area (Å²) < 4.78 is 5.64. The van der Waals surface area contributed by atoms with E-state index >= 15 is 0 Å². The van der Waals surface area contributed by atoms with E-state index in [9.17, 15) is 5.11 Å². The third-order valence-corrected chi connectivity index (χ3v) is 4.19. The number of nitrogens with zero attached hydrogens (tertiary/aromatic N) is 1. The average Bonchev–Trinajstić information content (AvgIpc) is 2.62. The third kappa shape index (κ3) is 4.35. The molecule has 4 heteroatoms. The fraction of sp³-hybridized carbons (Fsp3) is 0.286. The zero-order valence-electron chi connectivity index (χ0n) is 14.7. The van der Waals surface area contributed by atoms with Gasteiger partial charge in [-0.05, 0) is 43.2 Å². The lowest BCUT2D eigenvalue weighted by atomic mass is 10.0. The number of para-hydroxylation sites is 2. The summed E-state index contributed by atoms with van der Waals surface area (Å²) in [7, 11) is 0. The third-order valence-electron chi connectivity index (χ3n) is 4.19. The number of pyridine rings is 1. The normalized spacial score (nSPS) is 12.3. The molecule has 0 aliphatic carbocycles. The van der Waals surface area contributed by atoms with Crippen LogP contribution in [0.5, 0.6) is 5.75 Å². The van der Waals surface area contributed by atoms with E-state index < -0.39 is 6.10 Å². The number of benzene rings is 2. The van der Waals surface area contributed by atoms with Crippen molar-refractivity contribution in [1.29, 1.82) is 0 Å². The summed E-state index contributed by atoms with van der Waals surface area (Å²) in [5.74, 6) is 0.857. The fourth-order valence-electron chi connectivity index (χ4n) is 2.93. The van der Waals surface area contributed by atoms with Crippen molar-refractivity contribution < 1.29 is 9.84 Å². The number of aliphatic hydroxyl groups excluding tert-OH is 1. The van der Waals surface area contributed by atoms with Crippen molar-refractivity contribution in [3.05, 3.63) is 71.4 Å². The van der Waals surface area contributed by atoms with Crippen LogP contribution in [0.3, 0.4) is 0 Å². The molecule has 1 aromatic heterocycles. The first-order valence-corrected chi connectivity index (χ1v) is 8.58. The molecule has 0 fully saturated rings. The van der Waals surface area contributed by atoms with Crippen LogP contribution in [0.25, 0.3) is 10.9 Å². The van der Waals surface area contributed by atoms with Gasteiger partial charge in [-0.1, -0.05) is 36.4 Å². The van der Waals surface area contributed by atoms with E-state index in [1.54, 1.807) is 0 Å². The molecule has 0 saturated heterocycles. The lowest BCUT2D eigenvalue weighted by molar-refractivity contribution is 0.173. The molecule has 0 spiro atoms. The molecule has 130 valence electrons. The lowest BCUT2D eigenvalue weighted by Gasteiger charge is -2.16. The van der Waals surface area contributed by atoms with Crippen LogP contribution in [0.15, 0.2) is 54.6 Å². The quantitative estimate of drug-likeness (QED) is 0.648. The SMILES string of the molecule is Cc1cc(C(O)CNCCOc2ccccc2)c2cccc(C)c2n1. The van der Waals surface area contributed by atoms with E-state index in [2.05, 4.69) is 10.3 Å². The molecule has 0 saturated carbocycles. The topological polar surface area (TPSA) is 54.4 Å². The van der Waals surface area contributed by atoms with E-state index in [4.69, 9.17) is 4.74 Å². The van der Waals surface area contributed by atoms with E-state index in [1.165, 1.54) is 0 Å². The summed E-state index contributed by atoms with van der Waals surface area (Å²) in [6.07, 6.45) is -0.581. The molecule has 25 heavy (non-hydrogen) atoms. The van der Waals surface area contributed by atoms with Gasteiger partial charge in [0.25, 0.3) is 0 Å². The van der Waals surface area contributed by atoms with E-state index in [-0.39, 0.29) is 0 Å². The van der Waals surface area contributed by atoms with Gasteiger partial charge >= 0.3 is 0 Å². The molecule has 1 unspecified atom stereocenters. The number of fused-ring (bicyclic) bond motifs is 1. The first-order chi connectivity index (χ1) is 12.1. The number of aryl methyl sites for hydroxylation is 2. The van der Waals surface area contributed by atoms with Crippen LogP contribution in [-0.2, 0) is 0 Å². The maximum Gasteiger partial charge on any atom is 0.119 e. The Bertz CT molecular complexity index is 834. The van der Waals surface area contributed by atoms with Gasteiger partial charge in [0.1, 0.15) is 12.4 Å². The molecular weight excluding hydrogens is 312 g/mol. The first-order valence-electron chi connectivity index (χ1n) is 8.58. The van der Waals surface area contributed by atoms with Gasteiger partial charge in [-0.25, -0.2) is 0 Å². The van der Waals surface area contributed by atoms with Gasteiger partial charge in [0.15, 0.2) is 0 Å².